The summed E-state index contributed by atoms with van der Waals surface area (Å²) in [7, 11) is 0. The molecule has 4 aliphatic carbocycles. The van der Waals surface area contributed by atoms with Gasteiger partial charge in [-0.1, -0.05) is 30.3 Å². The third-order valence-corrected chi connectivity index (χ3v) is 10.7. The van der Waals surface area contributed by atoms with Crippen LogP contribution in [0.25, 0.3) is 0 Å². The summed E-state index contributed by atoms with van der Waals surface area (Å²) in [5, 5.41) is 13.8. The average Bonchev–Trinajstić information content (AvgIpc) is 3.04. The quantitative estimate of drug-likeness (QED) is 0.205. The third-order valence-electron chi connectivity index (χ3n) is 10.7. The zero-order valence-corrected chi connectivity index (χ0v) is 28.3. The Labute approximate surface area is 287 Å². The van der Waals surface area contributed by atoms with E-state index in [2.05, 4.69) is 31.6 Å². The monoisotopic (exact) mass is 679 g/mol. The van der Waals surface area contributed by atoms with Gasteiger partial charge in [0.2, 0.25) is 23.6 Å². The number of nitrogens with zero attached hydrogens (tertiary/aromatic N) is 1. The topological polar surface area (TPSA) is 236 Å². The molecule has 11 N–H and O–H groups in total. The number of hydrogen-bond donors (Lipinski definition) is 8. The van der Waals surface area contributed by atoms with Crippen LogP contribution in [0.15, 0.2) is 35.3 Å². The molecule has 4 saturated carbocycles. The van der Waals surface area contributed by atoms with E-state index in [1.807, 2.05) is 30.3 Å². The Morgan fingerprint density at radius 1 is 0.918 bits per heavy atom. The number of carbonyl (C=O) groups excluding carboxylic acids is 5. The van der Waals surface area contributed by atoms with Gasteiger partial charge in [-0.2, -0.15) is 0 Å². The Kier molecular flexibility index (Phi) is 12.1. The van der Waals surface area contributed by atoms with Crippen molar-refractivity contribution in [3.63, 3.8) is 0 Å². The van der Waals surface area contributed by atoms with Gasteiger partial charge in [0.25, 0.3) is 0 Å². The van der Waals surface area contributed by atoms with Crippen LogP contribution in [0.5, 0.6) is 0 Å². The lowest BCUT2D eigenvalue weighted by Gasteiger charge is -2.57. The molecular weight excluding hydrogens is 626 g/mol. The molecule has 49 heavy (non-hydrogen) atoms. The molecule has 4 fully saturated rings. The second kappa shape index (κ2) is 16.5. The van der Waals surface area contributed by atoms with Gasteiger partial charge in [-0.15, -0.1) is 0 Å². The molecule has 1 aromatic carbocycles. The molecule has 1 aliphatic heterocycles. The van der Waals surface area contributed by atoms with E-state index in [-0.39, 0.29) is 37.2 Å². The van der Waals surface area contributed by atoms with Crippen LogP contribution in [0.4, 0.5) is 4.79 Å². The Bertz CT molecular complexity index is 1350. The van der Waals surface area contributed by atoms with Crippen molar-refractivity contribution in [3.8, 4) is 0 Å². The first-order valence-electron chi connectivity index (χ1n) is 17.8. The number of carbonyl (C=O) groups is 5. The molecule has 0 spiro atoms. The van der Waals surface area contributed by atoms with Gasteiger partial charge in [0.1, 0.15) is 18.1 Å². The number of rotatable bonds is 7. The van der Waals surface area contributed by atoms with Gasteiger partial charge in [0, 0.05) is 13.1 Å². The van der Waals surface area contributed by atoms with Crippen molar-refractivity contribution in [1.82, 2.24) is 26.6 Å². The molecule has 0 radical (unpaired) electrons. The highest BCUT2D eigenvalue weighted by Crippen LogP contribution is 2.61. The molecule has 1 aromatic rings. The van der Waals surface area contributed by atoms with E-state index in [0.29, 0.717) is 50.0 Å². The molecule has 4 atom stereocenters. The number of guanidine groups is 1. The van der Waals surface area contributed by atoms with Gasteiger partial charge in [-0.3, -0.25) is 29.5 Å². The van der Waals surface area contributed by atoms with Crippen molar-refractivity contribution in [2.45, 2.75) is 108 Å². The summed E-state index contributed by atoms with van der Waals surface area (Å²) in [6.07, 6.45) is 9.29. The van der Waals surface area contributed by atoms with Crippen LogP contribution < -0.4 is 43.8 Å². The number of nitrogens with one attached hydrogen (secondary N) is 5. The number of aliphatic imine (C=N–C) groups is 1. The van der Waals surface area contributed by atoms with E-state index in [9.17, 15) is 24.0 Å². The highest BCUT2D eigenvalue weighted by molar-refractivity contribution is 5.96. The van der Waals surface area contributed by atoms with Crippen molar-refractivity contribution in [2.24, 2.45) is 45.4 Å². The second-order valence-electron chi connectivity index (χ2n) is 14.8. The minimum absolute atomic E-state index is 0.0737. The molecule has 6 amide bonds. The fourth-order valence-electron chi connectivity index (χ4n) is 8.89. The van der Waals surface area contributed by atoms with Gasteiger partial charge in [0.15, 0.2) is 5.96 Å². The Morgan fingerprint density at radius 3 is 2.24 bits per heavy atom. The van der Waals surface area contributed by atoms with Crippen LogP contribution >= 0.6 is 0 Å². The summed E-state index contributed by atoms with van der Waals surface area (Å²) < 4.78 is 0. The molecule has 1 heterocycles. The lowest BCUT2D eigenvalue weighted by atomic mass is 9.48. The second-order valence-corrected chi connectivity index (χ2v) is 14.8. The van der Waals surface area contributed by atoms with E-state index in [1.54, 1.807) is 0 Å². The standard InChI is InChI=1S/C35H53N9O5/c36-25(16-21-7-2-1-3-8-21)30(46)42-27-10-6-12-39-33(38)44-34(49)40-11-5-4-9-26(29(37)45)41-32(48)28(43-31(27)47)20-35-17-22-13-23(18-35)15-24(14-22)19-35/h1-3,7-8,22-28H,4-6,9-20,36H2,(H2,37,45)(H,41,48)(H,42,46)(H,43,47)(H4,38,39,40,44,49)/t22?,23?,24?,25-,26-,27+,28-,35?/m0/s1. The largest absolute Gasteiger partial charge is 0.370 e. The molecular formula is C35H53N9O5. The molecule has 5 aliphatic rings. The highest BCUT2D eigenvalue weighted by Gasteiger charge is 2.52. The maximum Gasteiger partial charge on any atom is 0.321 e. The van der Waals surface area contributed by atoms with Crippen molar-refractivity contribution in [2.75, 3.05) is 13.1 Å². The van der Waals surface area contributed by atoms with Crippen LogP contribution in [-0.2, 0) is 25.6 Å². The smallest absolute Gasteiger partial charge is 0.321 e. The van der Waals surface area contributed by atoms with E-state index in [0.717, 1.165) is 24.8 Å². The summed E-state index contributed by atoms with van der Waals surface area (Å²) in [6.45, 7) is 0.496. The number of amides is 6. The predicted molar refractivity (Wildman–Crippen MR) is 184 cm³/mol. The Morgan fingerprint density at radius 2 is 1.59 bits per heavy atom. The zero-order chi connectivity index (χ0) is 35.0. The number of nitrogens with two attached hydrogens (primary N) is 3. The first kappa shape index (κ1) is 36.1. The minimum Gasteiger partial charge on any atom is -0.370 e. The molecule has 268 valence electrons. The maximum atomic E-state index is 14.1. The van der Waals surface area contributed by atoms with Gasteiger partial charge in [-0.05, 0) is 112 Å². The average molecular weight is 680 g/mol. The molecule has 0 aromatic heterocycles. The molecule has 4 bridgehead atoms. The van der Waals surface area contributed by atoms with Crippen molar-refractivity contribution in [3.05, 3.63) is 35.9 Å². The predicted octanol–water partition coefficient (Wildman–Crippen LogP) is 0.681. The van der Waals surface area contributed by atoms with Crippen molar-refractivity contribution in [1.29, 1.82) is 0 Å². The highest BCUT2D eigenvalue weighted by atomic mass is 16.2. The van der Waals surface area contributed by atoms with Crippen LogP contribution in [0.3, 0.4) is 0 Å². The maximum absolute atomic E-state index is 14.1. The summed E-state index contributed by atoms with van der Waals surface area (Å²) in [5.41, 5.74) is 18.7. The fourth-order valence-corrected chi connectivity index (χ4v) is 8.89. The van der Waals surface area contributed by atoms with Gasteiger partial charge in [0.05, 0.1) is 6.04 Å². The van der Waals surface area contributed by atoms with Gasteiger partial charge in [-0.25, -0.2) is 4.79 Å². The molecule has 14 heteroatoms. The number of primary amides is 1. The van der Waals surface area contributed by atoms with E-state index < -0.39 is 53.8 Å². The normalized spacial score (nSPS) is 32.1. The summed E-state index contributed by atoms with van der Waals surface area (Å²) >= 11 is 0. The number of urea groups is 1. The minimum atomic E-state index is -1.03. The first-order valence-corrected chi connectivity index (χ1v) is 17.8. The molecule has 14 nitrogen and oxygen atoms in total. The third kappa shape index (κ3) is 10.2. The summed E-state index contributed by atoms with van der Waals surface area (Å²) in [6, 6.07) is 5.02. The van der Waals surface area contributed by atoms with Gasteiger partial charge >= 0.3 is 6.03 Å². The molecule has 6 rings (SSSR count). The zero-order valence-electron chi connectivity index (χ0n) is 28.3. The fraction of sp³-hybridized carbons (Fsp3) is 0.657. The van der Waals surface area contributed by atoms with E-state index in [4.69, 9.17) is 17.2 Å². The lowest BCUT2D eigenvalue weighted by Crippen LogP contribution is -2.59. The van der Waals surface area contributed by atoms with Crippen LogP contribution in [0, 0.1) is 23.2 Å². The van der Waals surface area contributed by atoms with Crippen LogP contribution in [0.2, 0.25) is 0 Å². The summed E-state index contributed by atoms with van der Waals surface area (Å²) in [5.74, 6) is -0.344. The number of hydrogen-bond acceptors (Lipinski definition) is 8. The summed E-state index contributed by atoms with van der Waals surface area (Å²) in [4.78, 5) is 70.3. The SMILES string of the molecule is NC(=O)[C@@H]1CCCCNC(=O)NC(N)=NCCC[C@@H](NC(=O)[C@@H](N)Cc2ccccc2)C(=O)N[C@@H](CC23CC4CC(CC(C4)C2)C3)C(=O)N1. The Balaban J connectivity index is 1.37. The van der Waals surface area contributed by atoms with E-state index in [1.165, 1.54) is 19.3 Å². The van der Waals surface area contributed by atoms with Gasteiger partial charge < -0.3 is 38.5 Å². The number of benzene rings is 1. The first-order chi connectivity index (χ1) is 23.5. The van der Waals surface area contributed by atoms with Crippen LogP contribution in [-0.4, -0.2) is 72.9 Å². The van der Waals surface area contributed by atoms with E-state index >= 15 is 0 Å². The Hall–Kier alpha value is -4.20. The molecule has 0 saturated heterocycles. The van der Waals surface area contributed by atoms with Crippen LogP contribution in [0.1, 0.15) is 82.6 Å². The lowest BCUT2D eigenvalue weighted by molar-refractivity contribution is -0.136. The van der Waals surface area contributed by atoms with Crippen molar-refractivity contribution < 1.29 is 24.0 Å². The van der Waals surface area contributed by atoms with Crippen molar-refractivity contribution >= 4 is 35.6 Å². The molecule has 0 unspecified atom stereocenters.